The van der Waals surface area contributed by atoms with Crippen LogP contribution >= 0.6 is 0 Å². The molecule has 5 nitrogen and oxygen atoms in total. The molecular formula is C21H20FN3O2. The molecule has 0 saturated carbocycles. The van der Waals surface area contributed by atoms with E-state index in [1.54, 1.807) is 12.1 Å². The Morgan fingerprint density at radius 3 is 2.74 bits per heavy atom. The van der Waals surface area contributed by atoms with Gasteiger partial charge >= 0.3 is 0 Å². The third-order valence-electron chi connectivity index (χ3n) is 4.88. The van der Waals surface area contributed by atoms with Crippen molar-refractivity contribution in [2.45, 2.75) is 12.5 Å². The van der Waals surface area contributed by atoms with Crippen molar-refractivity contribution in [3.63, 3.8) is 0 Å². The van der Waals surface area contributed by atoms with Crippen molar-refractivity contribution >= 4 is 5.91 Å². The Morgan fingerprint density at radius 2 is 1.96 bits per heavy atom. The predicted octanol–water partition coefficient (Wildman–Crippen LogP) is 3.72. The van der Waals surface area contributed by atoms with E-state index in [4.69, 9.17) is 4.74 Å². The summed E-state index contributed by atoms with van der Waals surface area (Å²) < 4.78 is 19.0. The van der Waals surface area contributed by atoms with Crippen LogP contribution in [0.3, 0.4) is 0 Å². The van der Waals surface area contributed by atoms with Gasteiger partial charge in [-0.25, -0.2) is 4.39 Å². The monoisotopic (exact) mass is 365 g/mol. The summed E-state index contributed by atoms with van der Waals surface area (Å²) >= 11 is 0. The maximum Gasteiger partial charge on any atom is 0.255 e. The number of ether oxygens (including phenoxy) is 1. The molecule has 2 aromatic carbocycles. The lowest BCUT2D eigenvalue weighted by molar-refractivity contribution is 0.0846. The smallest absolute Gasteiger partial charge is 0.255 e. The first-order chi connectivity index (χ1) is 13.2. The molecule has 4 rings (SSSR count). The maximum absolute atomic E-state index is 13.1. The summed E-state index contributed by atoms with van der Waals surface area (Å²) in [7, 11) is 0. The van der Waals surface area contributed by atoms with E-state index in [1.165, 1.54) is 18.3 Å². The topological polar surface area (TPSA) is 67.0 Å². The molecule has 3 aromatic rings. The second-order valence-corrected chi connectivity index (χ2v) is 6.63. The molecular weight excluding hydrogens is 345 g/mol. The van der Waals surface area contributed by atoms with Crippen LogP contribution in [-0.2, 0) is 4.74 Å². The Kier molecular flexibility index (Phi) is 4.98. The van der Waals surface area contributed by atoms with E-state index < -0.39 is 0 Å². The van der Waals surface area contributed by atoms with Crippen molar-refractivity contribution in [3.8, 4) is 11.3 Å². The van der Waals surface area contributed by atoms with Gasteiger partial charge in [0, 0.05) is 24.6 Å². The number of benzene rings is 2. The van der Waals surface area contributed by atoms with Crippen LogP contribution in [0.1, 0.15) is 28.4 Å². The molecule has 0 bridgehead atoms. The van der Waals surface area contributed by atoms with Crippen molar-refractivity contribution in [1.29, 1.82) is 0 Å². The average molecular weight is 365 g/mol. The van der Waals surface area contributed by atoms with Gasteiger partial charge in [0.1, 0.15) is 5.82 Å². The van der Waals surface area contributed by atoms with Gasteiger partial charge in [0.15, 0.2) is 0 Å². The molecule has 1 aliphatic rings. The first-order valence-corrected chi connectivity index (χ1v) is 8.96. The summed E-state index contributed by atoms with van der Waals surface area (Å²) in [5, 5.41) is 9.80. The average Bonchev–Trinajstić information content (AvgIpc) is 3.37. The largest absolute Gasteiger partial charge is 0.373 e. The molecule has 0 spiro atoms. The minimum absolute atomic E-state index is 0.00702. The second kappa shape index (κ2) is 7.72. The van der Waals surface area contributed by atoms with E-state index >= 15 is 0 Å². The number of amides is 1. The molecule has 1 aliphatic heterocycles. The summed E-state index contributed by atoms with van der Waals surface area (Å²) in [4.78, 5) is 12.7. The highest BCUT2D eigenvalue weighted by molar-refractivity contribution is 5.99. The highest BCUT2D eigenvalue weighted by atomic mass is 19.1. The third kappa shape index (κ3) is 3.75. The number of hydrogen-bond acceptors (Lipinski definition) is 3. The van der Waals surface area contributed by atoms with Crippen molar-refractivity contribution < 1.29 is 13.9 Å². The zero-order valence-electron chi connectivity index (χ0n) is 14.7. The van der Waals surface area contributed by atoms with Gasteiger partial charge in [-0.05, 0) is 36.2 Å². The predicted molar refractivity (Wildman–Crippen MR) is 99.6 cm³/mol. The number of H-pyrrole nitrogens is 1. The first kappa shape index (κ1) is 17.4. The van der Waals surface area contributed by atoms with E-state index in [-0.39, 0.29) is 23.7 Å². The highest BCUT2D eigenvalue weighted by Crippen LogP contribution is 2.34. The number of aromatic nitrogens is 2. The van der Waals surface area contributed by atoms with Gasteiger partial charge in [-0.3, -0.25) is 9.89 Å². The van der Waals surface area contributed by atoms with Crippen LogP contribution in [0.5, 0.6) is 0 Å². The van der Waals surface area contributed by atoms with Crippen LogP contribution in [0.2, 0.25) is 0 Å². The van der Waals surface area contributed by atoms with Gasteiger partial charge in [-0.15, -0.1) is 0 Å². The van der Waals surface area contributed by atoms with Gasteiger partial charge in [0.2, 0.25) is 0 Å². The Hall–Kier alpha value is -2.99. The molecule has 2 heterocycles. The maximum atomic E-state index is 13.1. The summed E-state index contributed by atoms with van der Waals surface area (Å²) in [5.74, 6) is -0.309. The SMILES string of the molecule is O=C(NC[C@@H]1CCO[C@H]1c1ccccc1)c1cn[nH]c1-c1ccc(F)cc1. The van der Waals surface area contributed by atoms with E-state index in [0.29, 0.717) is 30.0 Å². The normalized spacial score (nSPS) is 19.1. The zero-order chi connectivity index (χ0) is 18.6. The molecule has 0 unspecified atom stereocenters. The zero-order valence-corrected chi connectivity index (χ0v) is 14.7. The molecule has 0 radical (unpaired) electrons. The quantitative estimate of drug-likeness (QED) is 0.724. The standard InChI is InChI=1S/C21H20FN3O2/c22-17-8-6-14(7-9-17)19-18(13-24-25-19)21(26)23-12-16-10-11-27-20(16)15-4-2-1-3-5-15/h1-9,13,16,20H,10-12H2,(H,23,26)(H,24,25)/t16-,20-/m0/s1. The third-order valence-corrected chi connectivity index (χ3v) is 4.88. The Bertz CT molecular complexity index is 909. The Balaban J connectivity index is 1.44. The Labute approximate surface area is 156 Å². The number of carbonyl (C=O) groups excluding carboxylic acids is 1. The molecule has 2 N–H and O–H groups in total. The minimum atomic E-state index is -0.322. The van der Waals surface area contributed by atoms with Gasteiger partial charge < -0.3 is 10.1 Å². The number of carbonyl (C=O) groups is 1. The van der Waals surface area contributed by atoms with Crippen molar-refractivity contribution in [2.24, 2.45) is 5.92 Å². The number of halogens is 1. The number of nitrogens with one attached hydrogen (secondary N) is 2. The molecule has 0 aliphatic carbocycles. The molecule has 138 valence electrons. The summed E-state index contributed by atoms with van der Waals surface area (Å²) in [6.07, 6.45) is 2.39. The molecule has 6 heteroatoms. The molecule has 2 atom stereocenters. The van der Waals surface area contributed by atoms with Gasteiger partial charge in [0.25, 0.3) is 5.91 Å². The lowest BCUT2D eigenvalue weighted by Crippen LogP contribution is -2.30. The second-order valence-electron chi connectivity index (χ2n) is 6.63. The summed E-state index contributed by atoms with van der Waals surface area (Å²) in [6, 6.07) is 16.0. The van der Waals surface area contributed by atoms with Crippen molar-refractivity contribution in [3.05, 3.63) is 77.7 Å². The lowest BCUT2D eigenvalue weighted by atomic mass is 9.95. The minimum Gasteiger partial charge on any atom is -0.373 e. The number of hydrogen-bond donors (Lipinski definition) is 2. The highest BCUT2D eigenvalue weighted by Gasteiger charge is 2.30. The Morgan fingerprint density at radius 1 is 1.19 bits per heavy atom. The number of aromatic amines is 1. The molecule has 1 aromatic heterocycles. The summed E-state index contributed by atoms with van der Waals surface area (Å²) in [5.41, 5.74) is 2.86. The van der Waals surface area contributed by atoms with Crippen LogP contribution in [-0.4, -0.2) is 29.3 Å². The molecule has 1 saturated heterocycles. The fourth-order valence-corrected chi connectivity index (χ4v) is 3.47. The van der Waals surface area contributed by atoms with Crippen LogP contribution in [0.25, 0.3) is 11.3 Å². The van der Waals surface area contributed by atoms with Crippen LogP contribution in [0.4, 0.5) is 4.39 Å². The van der Waals surface area contributed by atoms with E-state index in [2.05, 4.69) is 15.5 Å². The molecule has 1 fully saturated rings. The van der Waals surface area contributed by atoms with Crippen LogP contribution in [0.15, 0.2) is 60.8 Å². The van der Waals surface area contributed by atoms with Crippen LogP contribution in [0, 0.1) is 11.7 Å². The van der Waals surface area contributed by atoms with Gasteiger partial charge in [-0.2, -0.15) is 5.10 Å². The fraction of sp³-hybridized carbons (Fsp3) is 0.238. The number of rotatable bonds is 5. The van der Waals surface area contributed by atoms with Crippen molar-refractivity contribution in [1.82, 2.24) is 15.5 Å². The number of nitrogens with zero attached hydrogens (tertiary/aromatic N) is 1. The summed E-state index contributed by atoms with van der Waals surface area (Å²) in [6.45, 7) is 1.21. The lowest BCUT2D eigenvalue weighted by Gasteiger charge is -2.19. The van der Waals surface area contributed by atoms with Gasteiger partial charge in [-0.1, -0.05) is 30.3 Å². The van der Waals surface area contributed by atoms with E-state index in [0.717, 1.165) is 12.0 Å². The molecule has 27 heavy (non-hydrogen) atoms. The first-order valence-electron chi connectivity index (χ1n) is 8.96. The van der Waals surface area contributed by atoms with Crippen molar-refractivity contribution in [2.75, 3.05) is 13.2 Å². The van der Waals surface area contributed by atoms with E-state index in [9.17, 15) is 9.18 Å². The fourth-order valence-electron chi connectivity index (χ4n) is 3.47. The van der Waals surface area contributed by atoms with Gasteiger partial charge in [0.05, 0.1) is 23.6 Å². The van der Waals surface area contributed by atoms with Crippen LogP contribution < -0.4 is 5.32 Å². The molecule has 1 amide bonds. The van der Waals surface area contributed by atoms with E-state index in [1.807, 2.05) is 30.3 Å².